The third kappa shape index (κ3) is 2.64. The minimum Gasteiger partial charge on any atom is -0.477 e. The maximum Gasteiger partial charge on any atom is 0.354 e. The molecule has 0 unspecified atom stereocenters. The molecule has 0 saturated carbocycles. The van der Waals surface area contributed by atoms with E-state index in [0.717, 1.165) is 6.07 Å². The van der Waals surface area contributed by atoms with E-state index in [1.54, 1.807) is 6.07 Å². The lowest BCUT2D eigenvalue weighted by Crippen LogP contribution is -2.03. The van der Waals surface area contributed by atoms with Crippen molar-refractivity contribution in [1.82, 2.24) is 4.98 Å². The Morgan fingerprint density at radius 3 is 2.75 bits per heavy atom. The number of nitrogens with two attached hydrogens (primary N) is 1. The minimum absolute atomic E-state index is 0.0586. The first kappa shape index (κ1) is 13.3. The molecule has 2 rings (SSSR count). The second kappa shape index (κ2) is 5.24. The number of pyridine rings is 1. The monoisotopic (exact) mass is 273 g/mol. The zero-order valence-corrected chi connectivity index (χ0v) is 10.0. The highest BCUT2D eigenvalue weighted by Gasteiger charge is 2.11. The lowest BCUT2D eigenvalue weighted by atomic mass is 10.2. The zero-order chi connectivity index (χ0) is 14.7. The van der Waals surface area contributed by atoms with Gasteiger partial charge in [0.15, 0.2) is 5.69 Å². The summed E-state index contributed by atoms with van der Waals surface area (Å²) >= 11 is 0. The standard InChI is InChI=1S/C13H8FN3O3/c14-9-5-8(2-1-7(9)6-15)20-12-10(16)3-4-11(17-12)13(18)19/h1-5H,16H2,(H,18,19). The number of ether oxygens (including phenoxy) is 1. The molecule has 0 atom stereocenters. The number of nitrogens with zero attached hydrogens (tertiary/aromatic N) is 2. The molecule has 1 heterocycles. The number of rotatable bonds is 3. The molecule has 0 aliphatic carbocycles. The maximum absolute atomic E-state index is 13.4. The molecule has 0 aliphatic rings. The summed E-state index contributed by atoms with van der Waals surface area (Å²) in [6, 6.07) is 7.81. The molecule has 0 spiro atoms. The van der Waals surface area contributed by atoms with Crippen LogP contribution in [-0.4, -0.2) is 16.1 Å². The molecule has 0 radical (unpaired) electrons. The Labute approximate surface area is 112 Å². The average molecular weight is 273 g/mol. The molecule has 20 heavy (non-hydrogen) atoms. The van der Waals surface area contributed by atoms with Crippen molar-refractivity contribution in [2.45, 2.75) is 0 Å². The van der Waals surface area contributed by atoms with E-state index in [9.17, 15) is 9.18 Å². The molecule has 0 fully saturated rings. The molecule has 1 aromatic carbocycles. The number of carbonyl (C=O) groups is 1. The molecule has 0 saturated heterocycles. The van der Waals surface area contributed by atoms with Crippen LogP contribution in [-0.2, 0) is 0 Å². The van der Waals surface area contributed by atoms with Crippen LogP contribution in [0.2, 0.25) is 0 Å². The number of aromatic nitrogens is 1. The van der Waals surface area contributed by atoms with Crippen molar-refractivity contribution < 1.29 is 19.0 Å². The highest BCUT2D eigenvalue weighted by Crippen LogP contribution is 2.26. The Morgan fingerprint density at radius 1 is 1.40 bits per heavy atom. The summed E-state index contributed by atoms with van der Waals surface area (Å²) in [5.74, 6) is -2.07. The van der Waals surface area contributed by atoms with Crippen molar-refractivity contribution in [3.8, 4) is 17.7 Å². The van der Waals surface area contributed by atoms with E-state index in [1.165, 1.54) is 24.3 Å². The lowest BCUT2D eigenvalue weighted by Gasteiger charge is -2.08. The summed E-state index contributed by atoms with van der Waals surface area (Å²) in [4.78, 5) is 14.5. The van der Waals surface area contributed by atoms with Crippen molar-refractivity contribution in [3.63, 3.8) is 0 Å². The Morgan fingerprint density at radius 2 is 2.15 bits per heavy atom. The molecule has 0 aliphatic heterocycles. The largest absolute Gasteiger partial charge is 0.477 e. The number of hydrogen-bond donors (Lipinski definition) is 2. The van der Waals surface area contributed by atoms with Crippen LogP contribution in [0.5, 0.6) is 11.6 Å². The quantitative estimate of drug-likeness (QED) is 0.886. The van der Waals surface area contributed by atoms with Gasteiger partial charge in [-0.15, -0.1) is 0 Å². The molecule has 6 nitrogen and oxygen atoms in total. The first-order chi connectivity index (χ1) is 9.51. The maximum atomic E-state index is 13.4. The number of carboxylic acids is 1. The van der Waals surface area contributed by atoms with Crippen LogP contribution >= 0.6 is 0 Å². The highest BCUT2D eigenvalue weighted by molar-refractivity contribution is 5.86. The van der Waals surface area contributed by atoms with Gasteiger partial charge in [-0.25, -0.2) is 14.2 Å². The van der Waals surface area contributed by atoms with Crippen LogP contribution in [0.1, 0.15) is 16.1 Å². The smallest absolute Gasteiger partial charge is 0.354 e. The van der Waals surface area contributed by atoms with E-state index >= 15 is 0 Å². The third-order valence-corrected chi connectivity index (χ3v) is 2.38. The molecule has 1 aromatic heterocycles. The number of nitriles is 1. The van der Waals surface area contributed by atoms with E-state index in [0.29, 0.717) is 0 Å². The Bertz CT molecular complexity index is 725. The first-order valence-electron chi connectivity index (χ1n) is 5.38. The summed E-state index contributed by atoms with van der Waals surface area (Å²) in [7, 11) is 0. The van der Waals surface area contributed by atoms with Gasteiger partial charge in [-0.05, 0) is 24.3 Å². The van der Waals surface area contributed by atoms with Crippen molar-refractivity contribution in [2.24, 2.45) is 0 Å². The van der Waals surface area contributed by atoms with Gasteiger partial charge >= 0.3 is 5.97 Å². The van der Waals surface area contributed by atoms with Gasteiger partial charge in [-0.2, -0.15) is 5.26 Å². The fourth-order valence-electron chi connectivity index (χ4n) is 1.41. The lowest BCUT2D eigenvalue weighted by molar-refractivity contribution is 0.0689. The summed E-state index contributed by atoms with van der Waals surface area (Å²) in [5, 5.41) is 17.4. The Hall–Kier alpha value is -3.14. The van der Waals surface area contributed by atoms with Gasteiger partial charge in [0.05, 0.1) is 11.3 Å². The SMILES string of the molecule is N#Cc1ccc(Oc2nc(C(=O)O)ccc2N)cc1F. The Kier molecular flexibility index (Phi) is 3.48. The molecular formula is C13H8FN3O3. The average Bonchev–Trinajstić information content (AvgIpc) is 2.41. The van der Waals surface area contributed by atoms with E-state index in [2.05, 4.69) is 4.98 Å². The van der Waals surface area contributed by atoms with Crippen molar-refractivity contribution in [1.29, 1.82) is 5.26 Å². The molecule has 100 valence electrons. The van der Waals surface area contributed by atoms with Gasteiger partial charge in [0.1, 0.15) is 17.6 Å². The second-order valence-electron chi connectivity index (χ2n) is 3.75. The predicted molar refractivity (Wildman–Crippen MR) is 66.8 cm³/mol. The van der Waals surface area contributed by atoms with Gasteiger partial charge in [0, 0.05) is 6.07 Å². The van der Waals surface area contributed by atoms with Gasteiger partial charge < -0.3 is 15.6 Å². The van der Waals surface area contributed by atoms with Crippen LogP contribution in [0, 0.1) is 17.1 Å². The minimum atomic E-state index is -1.24. The van der Waals surface area contributed by atoms with E-state index < -0.39 is 11.8 Å². The number of carboxylic acid groups (broad SMARTS) is 1. The van der Waals surface area contributed by atoms with Gasteiger partial charge in [-0.3, -0.25) is 0 Å². The van der Waals surface area contributed by atoms with E-state index in [4.69, 9.17) is 20.8 Å². The summed E-state index contributed by atoms with van der Waals surface area (Å²) in [6.45, 7) is 0. The number of hydrogen-bond acceptors (Lipinski definition) is 5. The third-order valence-electron chi connectivity index (χ3n) is 2.38. The summed E-state index contributed by atoms with van der Waals surface area (Å²) < 4.78 is 18.6. The number of anilines is 1. The Balaban J connectivity index is 2.35. The summed E-state index contributed by atoms with van der Waals surface area (Å²) in [6.07, 6.45) is 0. The van der Waals surface area contributed by atoms with E-state index in [-0.39, 0.29) is 28.6 Å². The van der Waals surface area contributed by atoms with Crippen LogP contribution in [0.25, 0.3) is 0 Å². The van der Waals surface area contributed by atoms with Crippen LogP contribution in [0.4, 0.5) is 10.1 Å². The number of benzene rings is 1. The highest BCUT2D eigenvalue weighted by atomic mass is 19.1. The molecular weight excluding hydrogens is 265 g/mol. The number of aromatic carboxylic acids is 1. The summed E-state index contributed by atoms with van der Waals surface area (Å²) in [5.41, 5.74) is 5.34. The molecule has 2 aromatic rings. The van der Waals surface area contributed by atoms with Crippen molar-refractivity contribution >= 4 is 11.7 Å². The van der Waals surface area contributed by atoms with Crippen LogP contribution < -0.4 is 10.5 Å². The topological polar surface area (TPSA) is 109 Å². The second-order valence-corrected chi connectivity index (χ2v) is 3.75. The van der Waals surface area contributed by atoms with Crippen molar-refractivity contribution in [3.05, 3.63) is 47.4 Å². The molecule has 0 amide bonds. The first-order valence-corrected chi connectivity index (χ1v) is 5.38. The number of halogens is 1. The fraction of sp³-hybridized carbons (Fsp3) is 0. The normalized spacial score (nSPS) is 9.80. The van der Waals surface area contributed by atoms with E-state index in [1.807, 2.05) is 0 Å². The van der Waals surface area contributed by atoms with Gasteiger partial charge in [0.2, 0.25) is 5.88 Å². The predicted octanol–water partition coefficient (Wildman–Crippen LogP) is 2.17. The zero-order valence-electron chi connectivity index (χ0n) is 10.0. The number of nitrogen functional groups attached to an aromatic ring is 1. The van der Waals surface area contributed by atoms with Crippen molar-refractivity contribution in [2.75, 3.05) is 5.73 Å². The van der Waals surface area contributed by atoms with Crippen LogP contribution in [0.3, 0.4) is 0 Å². The van der Waals surface area contributed by atoms with Gasteiger partial charge in [-0.1, -0.05) is 0 Å². The van der Waals surface area contributed by atoms with Crippen LogP contribution in [0.15, 0.2) is 30.3 Å². The molecule has 7 heteroatoms. The fourth-order valence-corrected chi connectivity index (χ4v) is 1.41. The molecule has 0 bridgehead atoms. The van der Waals surface area contributed by atoms with Gasteiger partial charge in [0.25, 0.3) is 0 Å². The molecule has 3 N–H and O–H groups in total.